The summed E-state index contributed by atoms with van der Waals surface area (Å²) in [6, 6.07) is 13.9. The molecule has 1 fully saturated rings. The van der Waals surface area contributed by atoms with Crippen LogP contribution < -0.4 is 14.8 Å². The Balaban J connectivity index is 1.13. The second-order valence-corrected chi connectivity index (χ2v) is 8.64. The lowest BCUT2D eigenvalue weighted by molar-refractivity contribution is -0.128. The van der Waals surface area contributed by atoms with Gasteiger partial charge < -0.3 is 19.7 Å². The van der Waals surface area contributed by atoms with Gasteiger partial charge in [-0.3, -0.25) is 4.79 Å². The zero-order valence-corrected chi connectivity index (χ0v) is 18.2. The van der Waals surface area contributed by atoms with Crippen molar-refractivity contribution in [3.63, 3.8) is 0 Å². The molecular weight excluding hydrogens is 400 g/mol. The summed E-state index contributed by atoms with van der Waals surface area (Å²) in [5.41, 5.74) is 2.25. The Labute approximate surface area is 183 Å². The monoisotopic (exact) mass is 428 g/mol. The molecule has 0 aromatic heterocycles. The van der Waals surface area contributed by atoms with Crippen LogP contribution in [0, 0.1) is 6.92 Å². The third kappa shape index (κ3) is 5.46. The summed E-state index contributed by atoms with van der Waals surface area (Å²) >= 11 is 6.03. The van der Waals surface area contributed by atoms with Crippen molar-refractivity contribution in [3.05, 3.63) is 58.6 Å². The number of halogens is 1. The van der Waals surface area contributed by atoms with E-state index in [0.717, 1.165) is 62.6 Å². The van der Waals surface area contributed by atoms with Gasteiger partial charge in [-0.1, -0.05) is 29.3 Å². The van der Waals surface area contributed by atoms with Crippen LogP contribution in [0.1, 0.15) is 30.4 Å². The smallest absolute Gasteiger partial charge is 0.261 e. The van der Waals surface area contributed by atoms with Crippen LogP contribution >= 0.6 is 11.6 Å². The average molecular weight is 429 g/mol. The number of fused-ring (bicyclic) bond motifs is 1. The van der Waals surface area contributed by atoms with Gasteiger partial charge >= 0.3 is 0 Å². The molecule has 1 atom stereocenters. The first-order valence-corrected chi connectivity index (χ1v) is 11.1. The molecule has 5 nitrogen and oxygen atoms in total. The molecule has 4 rings (SSSR count). The van der Waals surface area contributed by atoms with Gasteiger partial charge in [0.2, 0.25) is 0 Å². The van der Waals surface area contributed by atoms with Gasteiger partial charge in [0.15, 0.2) is 6.10 Å². The Hall–Kier alpha value is -2.24. The number of nitrogens with zero attached hydrogens (tertiary/aromatic N) is 1. The molecule has 2 heterocycles. The van der Waals surface area contributed by atoms with Crippen molar-refractivity contribution in [1.29, 1.82) is 0 Å². The predicted molar refractivity (Wildman–Crippen MR) is 118 cm³/mol. The molecule has 1 amide bonds. The highest BCUT2D eigenvalue weighted by Crippen LogP contribution is 2.31. The van der Waals surface area contributed by atoms with E-state index in [-0.39, 0.29) is 11.9 Å². The number of benzene rings is 2. The van der Waals surface area contributed by atoms with E-state index >= 15 is 0 Å². The molecule has 6 heteroatoms. The minimum Gasteiger partial charge on any atom is -0.494 e. The molecule has 0 spiro atoms. The van der Waals surface area contributed by atoms with Gasteiger partial charge in [-0.05, 0) is 62.1 Å². The molecule has 0 aliphatic carbocycles. The van der Waals surface area contributed by atoms with E-state index < -0.39 is 6.10 Å². The molecule has 30 heavy (non-hydrogen) atoms. The van der Waals surface area contributed by atoms with Gasteiger partial charge in [0.05, 0.1) is 6.61 Å². The molecular formula is C24H29ClN2O3. The third-order valence-electron chi connectivity index (χ3n) is 5.83. The van der Waals surface area contributed by atoms with E-state index in [1.54, 1.807) is 6.07 Å². The van der Waals surface area contributed by atoms with Crippen LogP contribution in [0.2, 0.25) is 5.02 Å². The lowest BCUT2D eigenvalue weighted by Gasteiger charge is -2.32. The summed E-state index contributed by atoms with van der Waals surface area (Å²) in [5.74, 6) is 1.68. The highest BCUT2D eigenvalue weighted by Gasteiger charge is 2.31. The van der Waals surface area contributed by atoms with E-state index in [4.69, 9.17) is 21.1 Å². The number of aryl methyl sites for hydroxylation is 1. The maximum absolute atomic E-state index is 12.6. The van der Waals surface area contributed by atoms with E-state index in [2.05, 4.69) is 29.3 Å². The Morgan fingerprint density at radius 1 is 1.20 bits per heavy atom. The van der Waals surface area contributed by atoms with E-state index in [9.17, 15) is 4.79 Å². The fourth-order valence-electron chi connectivity index (χ4n) is 4.07. The zero-order valence-electron chi connectivity index (χ0n) is 17.4. The molecule has 2 aromatic carbocycles. The van der Waals surface area contributed by atoms with Crippen LogP contribution in [0.5, 0.6) is 11.5 Å². The largest absolute Gasteiger partial charge is 0.494 e. The first-order chi connectivity index (χ1) is 14.6. The third-order valence-corrected chi connectivity index (χ3v) is 6.07. The number of amides is 1. The van der Waals surface area contributed by atoms with Gasteiger partial charge in [-0.2, -0.15) is 0 Å². The van der Waals surface area contributed by atoms with Gasteiger partial charge in [-0.15, -0.1) is 0 Å². The normalized spacial score (nSPS) is 19.2. The van der Waals surface area contributed by atoms with Crippen LogP contribution in [0.15, 0.2) is 42.5 Å². The summed E-state index contributed by atoms with van der Waals surface area (Å²) < 4.78 is 11.6. The number of nitrogens with one attached hydrogen (secondary N) is 1. The second kappa shape index (κ2) is 9.71. The summed E-state index contributed by atoms with van der Waals surface area (Å²) in [5, 5.41) is 3.85. The molecule has 0 radical (unpaired) electrons. The number of piperidine rings is 1. The molecule has 0 saturated carbocycles. The number of ether oxygens (including phenoxy) is 2. The van der Waals surface area contributed by atoms with E-state index in [0.29, 0.717) is 11.4 Å². The number of carbonyl (C=O) groups excluding carboxylic acids is 1. The second-order valence-electron chi connectivity index (χ2n) is 8.20. The maximum atomic E-state index is 12.6. The van der Waals surface area contributed by atoms with Gasteiger partial charge in [-0.25, -0.2) is 0 Å². The predicted octanol–water partition coefficient (Wildman–Crippen LogP) is 4.00. The van der Waals surface area contributed by atoms with Gasteiger partial charge in [0, 0.05) is 37.1 Å². The quantitative estimate of drug-likeness (QED) is 0.677. The zero-order chi connectivity index (χ0) is 20.9. The Bertz CT molecular complexity index is 863. The van der Waals surface area contributed by atoms with Crippen molar-refractivity contribution in [2.24, 2.45) is 0 Å². The van der Waals surface area contributed by atoms with Crippen molar-refractivity contribution < 1.29 is 14.3 Å². The van der Waals surface area contributed by atoms with E-state index in [1.807, 2.05) is 24.3 Å². The molecule has 1 unspecified atom stereocenters. The van der Waals surface area contributed by atoms with Gasteiger partial charge in [0.25, 0.3) is 5.91 Å². The Kier molecular flexibility index (Phi) is 6.80. The number of rotatable bonds is 7. The standard InChI is InChI=1S/C24H29ClN2O3/c1-17-3-6-21(7-4-17)29-14-2-11-27-12-9-20(10-13-27)26-24(28)23-16-18-15-19(25)5-8-22(18)30-23/h3-8,15,20,23H,2,9-14,16H2,1H3,(H,26,28). The van der Waals surface area contributed by atoms with Crippen molar-refractivity contribution in [3.8, 4) is 11.5 Å². The molecule has 2 aliphatic rings. The minimum absolute atomic E-state index is 0.0210. The molecule has 160 valence electrons. The number of likely N-dealkylation sites (tertiary alicyclic amines) is 1. The molecule has 0 bridgehead atoms. The van der Waals surface area contributed by atoms with Crippen LogP contribution in [0.4, 0.5) is 0 Å². The van der Waals surface area contributed by atoms with Crippen molar-refractivity contribution in [1.82, 2.24) is 10.2 Å². The molecule has 2 aromatic rings. The average Bonchev–Trinajstić information content (AvgIpc) is 3.17. The summed E-state index contributed by atoms with van der Waals surface area (Å²) in [4.78, 5) is 15.1. The summed E-state index contributed by atoms with van der Waals surface area (Å²) in [7, 11) is 0. The van der Waals surface area contributed by atoms with Crippen LogP contribution in [-0.2, 0) is 11.2 Å². The van der Waals surface area contributed by atoms with Crippen molar-refractivity contribution >= 4 is 17.5 Å². The van der Waals surface area contributed by atoms with Crippen LogP contribution in [0.3, 0.4) is 0 Å². The molecule has 1 saturated heterocycles. The van der Waals surface area contributed by atoms with E-state index in [1.165, 1.54) is 5.56 Å². The number of hydrogen-bond acceptors (Lipinski definition) is 4. The minimum atomic E-state index is -0.449. The number of carbonyl (C=O) groups is 1. The van der Waals surface area contributed by atoms with Gasteiger partial charge in [0.1, 0.15) is 11.5 Å². The Morgan fingerprint density at radius 2 is 1.97 bits per heavy atom. The topological polar surface area (TPSA) is 50.8 Å². The lowest BCUT2D eigenvalue weighted by Crippen LogP contribution is -2.48. The fraction of sp³-hybridized carbons (Fsp3) is 0.458. The fourth-order valence-corrected chi connectivity index (χ4v) is 4.27. The van der Waals surface area contributed by atoms with Crippen LogP contribution in [-0.4, -0.2) is 49.2 Å². The first kappa shape index (κ1) is 21.0. The lowest BCUT2D eigenvalue weighted by atomic mass is 10.0. The highest BCUT2D eigenvalue weighted by atomic mass is 35.5. The summed E-state index contributed by atoms with van der Waals surface area (Å²) in [6.45, 7) is 5.82. The highest BCUT2D eigenvalue weighted by molar-refractivity contribution is 6.30. The van der Waals surface area contributed by atoms with Crippen LogP contribution in [0.25, 0.3) is 0 Å². The SMILES string of the molecule is Cc1ccc(OCCCN2CCC(NC(=O)C3Cc4cc(Cl)ccc4O3)CC2)cc1. The van der Waals surface area contributed by atoms with Crippen molar-refractivity contribution in [2.75, 3.05) is 26.2 Å². The molecule has 2 aliphatic heterocycles. The molecule has 1 N–H and O–H groups in total. The van der Waals surface area contributed by atoms with Crippen molar-refractivity contribution in [2.45, 2.75) is 44.8 Å². The summed E-state index contributed by atoms with van der Waals surface area (Å²) in [6.07, 6.45) is 3.07. The first-order valence-electron chi connectivity index (χ1n) is 10.7. The number of hydrogen-bond donors (Lipinski definition) is 1. The Morgan fingerprint density at radius 3 is 2.73 bits per heavy atom. The maximum Gasteiger partial charge on any atom is 0.261 e.